The molecule has 2 aromatic rings. The minimum Gasteiger partial charge on any atom is -0.504 e. The van der Waals surface area contributed by atoms with Crippen LogP contribution < -0.4 is 10.1 Å². The van der Waals surface area contributed by atoms with Gasteiger partial charge in [-0.3, -0.25) is 4.79 Å². The SMILES string of the molecule is COc1ccc(C(=O)Nc2cc(Br)ccn2)cc1O. The molecule has 0 unspecified atom stereocenters. The number of nitrogens with one attached hydrogen (secondary N) is 1. The zero-order valence-corrected chi connectivity index (χ0v) is 11.6. The Morgan fingerprint density at radius 3 is 2.79 bits per heavy atom. The van der Waals surface area contributed by atoms with Crippen LogP contribution in [0.4, 0.5) is 5.82 Å². The van der Waals surface area contributed by atoms with Gasteiger partial charge in [0.25, 0.3) is 5.91 Å². The van der Waals surface area contributed by atoms with Crippen LogP contribution in [0.5, 0.6) is 11.5 Å². The zero-order chi connectivity index (χ0) is 13.8. The van der Waals surface area contributed by atoms with Crippen molar-refractivity contribution in [2.24, 2.45) is 0 Å². The van der Waals surface area contributed by atoms with Crippen LogP contribution >= 0.6 is 15.9 Å². The highest BCUT2D eigenvalue weighted by atomic mass is 79.9. The van der Waals surface area contributed by atoms with Crippen LogP contribution in [0, 0.1) is 0 Å². The molecule has 2 rings (SSSR count). The smallest absolute Gasteiger partial charge is 0.256 e. The minimum absolute atomic E-state index is 0.0858. The average molecular weight is 323 g/mol. The second-order valence-electron chi connectivity index (χ2n) is 3.70. The van der Waals surface area contributed by atoms with Crippen LogP contribution in [0.15, 0.2) is 41.0 Å². The molecule has 0 atom stereocenters. The molecule has 0 saturated heterocycles. The average Bonchev–Trinajstić information content (AvgIpc) is 2.38. The van der Waals surface area contributed by atoms with E-state index in [4.69, 9.17) is 4.74 Å². The number of amides is 1. The highest BCUT2D eigenvalue weighted by Gasteiger charge is 2.10. The van der Waals surface area contributed by atoms with Crippen molar-refractivity contribution in [1.82, 2.24) is 4.98 Å². The van der Waals surface area contributed by atoms with E-state index in [-0.39, 0.29) is 11.7 Å². The normalized spacial score (nSPS) is 10.0. The highest BCUT2D eigenvalue weighted by molar-refractivity contribution is 9.10. The van der Waals surface area contributed by atoms with Crippen LogP contribution in [0.2, 0.25) is 0 Å². The third-order valence-corrected chi connectivity index (χ3v) is 2.90. The standard InChI is InChI=1S/C13H11BrN2O3/c1-19-11-3-2-8(6-10(11)17)13(18)16-12-7-9(14)4-5-15-12/h2-7,17H,1H3,(H,15,16,18). The Kier molecular flexibility index (Phi) is 4.01. The van der Waals surface area contributed by atoms with E-state index in [0.29, 0.717) is 17.1 Å². The second kappa shape index (κ2) is 5.71. The molecule has 0 saturated carbocycles. The first-order chi connectivity index (χ1) is 9.10. The summed E-state index contributed by atoms with van der Waals surface area (Å²) in [5, 5.41) is 12.3. The van der Waals surface area contributed by atoms with Crippen molar-refractivity contribution in [3.05, 3.63) is 46.6 Å². The van der Waals surface area contributed by atoms with Gasteiger partial charge in [0.1, 0.15) is 5.82 Å². The summed E-state index contributed by atoms with van der Waals surface area (Å²) < 4.78 is 5.73. The lowest BCUT2D eigenvalue weighted by molar-refractivity contribution is 0.102. The first kappa shape index (κ1) is 13.4. The number of carbonyl (C=O) groups excluding carboxylic acids is 1. The van der Waals surface area contributed by atoms with E-state index in [9.17, 15) is 9.90 Å². The number of rotatable bonds is 3. The fourth-order valence-corrected chi connectivity index (χ4v) is 1.83. The second-order valence-corrected chi connectivity index (χ2v) is 4.62. The number of aromatic hydroxyl groups is 1. The van der Waals surface area contributed by atoms with Gasteiger partial charge in [0.15, 0.2) is 11.5 Å². The van der Waals surface area contributed by atoms with Crippen molar-refractivity contribution in [3.8, 4) is 11.5 Å². The number of nitrogens with zero attached hydrogens (tertiary/aromatic N) is 1. The summed E-state index contributed by atoms with van der Waals surface area (Å²) in [6.07, 6.45) is 1.57. The summed E-state index contributed by atoms with van der Waals surface area (Å²) in [6.45, 7) is 0. The molecule has 0 radical (unpaired) electrons. The first-order valence-electron chi connectivity index (χ1n) is 5.40. The van der Waals surface area contributed by atoms with Crippen molar-refractivity contribution in [2.75, 3.05) is 12.4 Å². The number of benzene rings is 1. The molecule has 2 N–H and O–H groups in total. The minimum atomic E-state index is -0.358. The van der Waals surface area contributed by atoms with E-state index in [1.165, 1.54) is 19.2 Å². The van der Waals surface area contributed by atoms with Crippen LogP contribution in [-0.2, 0) is 0 Å². The van der Waals surface area contributed by atoms with Gasteiger partial charge >= 0.3 is 0 Å². The third kappa shape index (κ3) is 3.23. The molecule has 1 heterocycles. The Morgan fingerprint density at radius 2 is 2.16 bits per heavy atom. The summed E-state index contributed by atoms with van der Waals surface area (Å²) in [7, 11) is 1.44. The number of pyridine rings is 1. The van der Waals surface area contributed by atoms with Gasteiger partial charge in [0.05, 0.1) is 7.11 Å². The molecule has 19 heavy (non-hydrogen) atoms. The van der Waals surface area contributed by atoms with Gasteiger partial charge in [-0.25, -0.2) is 4.98 Å². The zero-order valence-electron chi connectivity index (χ0n) is 10.1. The Balaban J connectivity index is 2.18. The maximum atomic E-state index is 12.0. The van der Waals surface area contributed by atoms with Gasteiger partial charge in [-0.1, -0.05) is 15.9 Å². The van der Waals surface area contributed by atoms with Gasteiger partial charge in [0, 0.05) is 16.2 Å². The number of hydrogen-bond donors (Lipinski definition) is 2. The first-order valence-corrected chi connectivity index (χ1v) is 6.19. The molecule has 1 aromatic heterocycles. The Hall–Kier alpha value is -2.08. The fourth-order valence-electron chi connectivity index (χ4n) is 1.49. The fraction of sp³-hybridized carbons (Fsp3) is 0.0769. The monoisotopic (exact) mass is 322 g/mol. The van der Waals surface area contributed by atoms with Crippen molar-refractivity contribution >= 4 is 27.7 Å². The van der Waals surface area contributed by atoms with Crippen LogP contribution in [0.3, 0.4) is 0 Å². The lowest BCUT2D eigenvalue weighted by Gasteiger charge is -2.07. The van der Waals surface area contributed by atoms with Crippen molar-refractivity contribution in [3.63, 3.8) is 0 Å². The van der Waals surface area contributed by atoms with Crippen molar-refractivity contribution < 1.29 is 14.6 Å². The molecule has 6 heteroatoms. The topological polar surface area (TPSA) is 71.5 Å². The molecule has 1 amide bonds. The van der Waals surface area contributed by atoms with E-state index in [1.807, 2.05) is 0 Å². The molecular formula is C13H11BrN2O3. The summed E-state index contributed by atoms with van der Waals surface area (Å²) in [4.78, 5) is 16.0. The number of aromatic nitrogens is 1. The third-order valence-electron chi connectivity index (χ3n) is 2.40. The number of methoxy groups -OCH3 is 1. The van der Waals surface area contributed by atoms with E-state index in [0.717, 1.165) is 4.47 Å². The lowest BCUT2D eigenvalue weighted by atomic mass is 10.2. The summed E-state index contributed by atoms with van der Waals surface area (Å²) in [6, 6.07) is 7.87. The molecule has 0 bridgehead atoms. The van der Waals surface area contributed by atoms with Crippen LogP contribution in [-0.4, -0.2) is 23.1 Å². The van der Waals surface area contributed by atoms with Crippen LogP contribution in [0.25, 0.3) is 0 Å². The number of anilines is 1. The molecule has 5 nitrogen and oxygen atoms in total. The van der Waals surface area contributed by atoms with Crippen molar-refractivity contribution in [2.45, 2.75) is 0 Å². The number of halogens is 1. The van der Waals surface area contributed by atoms with E-state index >= 15 is 0 Å². The lowest BCUT2D eigenvalue weighted by Crippen LogP contribution is -2.12. The number of hydrogen-bond acceptors (Lipinski definition) is 4. The van der Waals surface area contributed by atoms with E-state index in [2.05, 4.69) is 26.2 Å². The maximum Gasteiger partial charge on any atom is 0.256 e. The summed E-state index contributed by atoms with van der Waals surface area (Å²) in [5.74, 6) is 0.299. The molecular weight excluding hydrogens is 312 g/mol. The van der Waals surface area contributed by atoms with Crippen molar-refractivity contribution in [1.29, 1.82) is 0 Å². The Morgan fingerprint density at radius 1 is 1.37 bits per heavy atom. The van der Waals surface area contributed by atoms with Gasteiger partial charge in [-0.15, -0.1) is 0 Å². The molecule has 0 aliphatic heterocycles. The molecule has 1 aromatic carbocycles. The maximum absolute atomic E-state index is 12.0. The number of carbonyl (C=O) groups is 1. The quantitative estimate of drug-likeness (QED) is 0.911. The Bertz CT molecular complexity index is 617. The number of phenols is 1. The summed E-state index contributed by atoms with van der Waals surface area (Å²) in [5.41, 5.74) is 0.320. The molecule has 98 valence electrons. The molecule has 0 aliphatic carbocycles. The van der Waals surface area contributed by atoms with Gasteiger partial charge in [-0.2, -0.15) is 0 Å². The number of ether oxygens (including phenoxy) is 1. The van der Waals surface area contributed by atoms with Gasteiger partial charge in [-0.05, 0) is 30.3 Å². The molecule has 0 aliphatic rings. The number of phenolic OH excluding ortho intramolecular Hbond substituents is 1. The van der Waals surface area contributed by atoms with Crippen LogP contribution in [0.1, 0.15) is 10.4 Å². The summed E-state index contributed by atoms with van der Waals surface area (Å²) >= 11 is 3.29. The Labute approximate surface area is 118 Å². The van der Waals surface area contributed by atoms with Gasteiger partial charge in [0.2, 0.25) is 0 Å². The molecule has 0 fully saturated rings. The van der Waals surface area contributed by atoms with Gasteiger partial charge < -0.3 is 15.2 Å². The van der Waals surface area contributed by atoms with E-state index < -0.39 is 0 Å². The highest BCUT2D eigenvalue weighted by Crippen LogP contribution is 2.26. The largest absolute Gasteiger partial charge is 0.504 e. The van der Waals surface area contributed by atoms with E-state index in [1.54, 1.807) is 24.4 Å². The predicted molar refractivity (Wildman–Crippen MR) is 74.5 cm³/mol. The predicted octanol–water partition coefficient (Wildman–Crippen LogP) is 2.81. The molecule has 0 spiro atoms.